The molecular weight excluding hydrogens is 513 g/mol. The fourth-order valence-electron chi connectivity index (χ4n) is 4.25. The molecule has 3 aromatic rings. The topological polar surface area (TPSA) is 37.1 Å². The molecule has 1 saturated heterocycles. The first kappa shape index (κ1) is 26.0. The van der Waals surface area contributed by atoms with E-state index in [4.69, 9.17) is 46.7 Å². The van der Waals surface area contributed by atoms with Gasteiger partial charge in [0.25, 0.3) is 5.91 Å². The Bertz CT molecular complexity index is 1370. The lowest BCUT2D eigenvalue weighted by Crippen LogP contribution is -2.44. The third kappa shape index (κ3) is 4.79. The maximum Gasteiger partial charge on any atom is 0.258 e. The zero-order valence-corrected chi connectivity index (χ0v) is 22.5. The summed E-state index contributed by atoms with van der Waals surface area (Å²) in [5, 5.41) is 1.29. The van der Waals surface area contributed by atoms with Crippen molar-refractivity contribution in [3.05, 3.63) is 87.7 Å². The molecule has 1 amide bonds. The van der Waals surface area contributed by atoms with Crippen molar-refractivity contribution in [2.45, 2.75) is 32.7 Å². The van der Waals surface area contributed by atoms with Crippen molar-refractivity contribution in [3.8, 4) is 16.9 Å². The van der Waals surface area contributed by atoms with Gasteiger partial charge in [0.1, 0.15) is 11.3 Å². The molecular formula is C28H25Cl2N3O2S. The lowest BCUT2D eigenvalue weighted by atomic mass is 10.0. The molecule has 36 heavy (non-hydrogen) atoms. The second-order valence-corrected chi connectivity index (χ2v) is 10.2. The van der Waals surface area contributed by atoms with Gasteiger partial charge in [0.15, 0.2) is 5.11 Å². The highest BCUT2D eigenvalue weighted by Gasteiger charge is 2.49. The molecule has 1 fully saturated rings. The van der Waals surface area contributed by atoms with Crippen molar-refractivity contribution in [1.29, 1.82) is 0 Å². The van der Waals surface area contributed by atoms with Crippen LogP contribution >= 0.6 is 35.4 Å². The molecule has 1 aliphatic rings. The van der Waals surface area contributed by atoms with Gasteiger partial charge in [-0.1, -0.05) is 65.7 Å². The van der Waals surface area contributed by atoms with Gasteiger partial charge in [-0.15, -0.1) is 0 Å². The van der Waals surface area contributed by atoms with E-state index in [9.17, 15) is 4.79 Å². The first-order valence-electron chi connectivity index (χ1n) is 11.5. The fourth-order valence-corrected chi connectivity index (χ4v) is 5.18. The van der Waals surface area contributed by atoms with Crippen molar-refractivity contribution in [3.63, 3.8) is 0 Å². The summed E-state index contributed by atoms with van der Waals surface area (Å²) in [7, 11) is 0. The minimum atomic E-state index is -0.830. The number of thiocarbonyl (C=S) groups is 1. The average Bonchev–Trinajstić information content (AvgIpc) is 3.03. The number of carbonyl (C=O) groups excluding carboxylic acids is 1. The highest BCUT2D eigenvalue weighted by atomic mass is 35.5. The summed E-state index contributed by atoms with van der Waals surface area (Å²) in [5.74, 6) is 0.477. The monoisotopic (exact) mass is 537 g/mol. The van der Waals surface area contributed by atoms with Crippen molar-refractivity contribution in [2.75, 3.05) is 18.1 Å². The van der Waals surface area contributed by atoms with Crippen molar-refractivity contribution in [1.82, 2.24) is 4.90 Å². The van der Waals surface area contributed by atoms with Crippen LogP contribution in [0.5, 0.6) is 5.75 Å². The molecule has 0 unspecified atom stereocenters. The largest absolute Gasteiger partial charge is 0.492 e. The fraction of sp³-hybridized carbons (Fsp3) is 0.250. The molecule has 0 aromatic heterocycles. The van der Waals surface area contributed by atoms with Gasteiger partial charge in [0.05, 0.1) is 28.9 Å². The van der Waals surface area contributed by atoms with Crippen molar-refractivity contribution < 1.29 is 9.53 Å². The Morgan fingerprint density at radius 2 is 1.78 bits per heavy atom. The van der Waals surface area contributed by atoms with E-state index in [1.807, 2.05) is 67.3 Å². The van der Waals surface area contributed by atoms with Gasteiger partial charge < -0.3 is 9.64 Å². The van der Waals surface area contributed by atoms with Crippen LogP contribution in [-0.2, 0) is 4.79 Å². The number of halogens is 2. The molecule has 1 aliphatic heterocycles. The van der Waals surface area contributed by atoms with Crippen molar-refractivity contribution in [2.24, 2.45) is 0 Å². The number of nitrogens with zero attached hydrogens (tertiary/aromatic N) is 3. The number of anilines is 1. The summed E-state index contributed by atoms with van der Waals surface area (Å²) in [6.45, 7) is 13.7. The van der Waals surface area contributed by atoms with E-state index in [1.54, 1.807) is 19.1 Å². The molecule has 0 radical (unpaired) electrons. The number of benzene rings is 3. The highest BCUT2D eigenvalue weighted by Crippen LogP contribution is 2.39. The minimum Gasteiger partial charge on any atom is -0.492 e. The molecule has 0 aliphatic carbocycles. The van der Waals surface area contributed by atoms with Crippen molar-refractivity contribution >= 4 is 57.8 Å². The van der Waals surface area contributed by atoms with Crippen LogP contribution in [0.4, 0.5) is 11.4 Å². The van der Waals surface area contributed by atoms with Gasteiger partial charge in [-0.25, -0.2) is 4.85 Å². The molecule has 3 aromatic carbocycles. The number of rotatable bonds is 7. The molecule has 4 rings (SSSR count). The van der Waals surface area contributed by atoms with E-state index >= 15 is 0 Å². The van der Waals surface area contributed by atoms with E-state index in [2.05, 4.69) is 4.85 Å². The van der Waals surface area contributed by atoms with Crippen LogP contribution in [-0.4, -0.2) is 34.6 Å². The number of hydrogen-bond donors (Lipinski definition) is 0. The van der Waals surface area contributed by atoms with Crippen LogP contribution in [0.3, 0.4) is 0 Å². The molecule has 0 saturated carbocycles. The third-order valence-electron chi connectivity index (χ3n) is 6.34. The molecule has 0 N–H and O–H groups in total. The van der Waals surface area contributed by atoms with Gasteiger partial charge in [-0.2, -0.15) is 0 Å². The van der Waals surface area contributed by atoms with Gasteiger partial charge >= 0.3 is 0 Å². The second kappa shape index (κ2) is 10.5. The lowest BCUT2D eigenvalue weighted by molar-refractivity contribution is -0.123. The molecule has 8 heteroatoms. The Hall–Kier alpha value is -3.11. The normalized spacial score (nSPS) is 14.8. The van der Waals surface area contributed by atoms with Crippen LogP contribution in [0.15, 0.2) is 60.7 Å². The smallest absolute Gasteiger partial charge is 0.258 e. The predicted octanol–water partition coefficient (Wildman–Crippen LogP) is 7.70. The SMILES string of the molecule is [C-]#[N+]c1ccc(N2C(=O)C(C)(C)N(CCCOc3ccc(-c4ccccc4)cc3Cl)C2=S)c(C)c1Cl. The van der Waals surface area contributed by atoms with Crippen LogP contribution in [0.2, 0.25) is 10.0 Å². The molecule has 0 atom stereocenters. The first-order chi connectivity index (χ1) is 17.2. The first-order valence-corrected chi connectivity index (χ1v) is 12.6. The molecule has 0 bridgehead atoms. The van der Waals surface area contributed by atoms with Gasteiger partial charge in [-0.3, -0.25) is 9.69 Å². The molecule has 184 valence electrons. The maximum absolute atomic E-state index is 13.4. The Kier molecular flexibility index (Phi) is 7.56. The van der Waals surface area contributed by atoms with Gasteiger partial charge in [0.2, 0.25) is 5.69 Å². The Labute approximate surface area is 227 Å². The number of amides is 1. The molecule has 0 spiro atoms. The summed E-state index contributed by atoms with van der Waals surface area (Å²) >= 11 is 18.6. The summed E-state index contributed by atoms with van der Waals surface area (Å²) in [6.07, 6.45) is 0.637. The lowest BCUT2D eigenvalue weighted by Gasteiger charge is -2.29. The van der Waals surface area contributed by atoms with Gasteiger partial charge in [-0.05, 0) is 74.3 Å². The quantitative estimate of drug-likeness (QED) is 0.176. The third-order valence-corrected chi connectivity index (χ3v) is 7.52. The van der Waals surface area contributed by atoms with E-state index in [0.29, 0.717) is 57.4 Å². The Balaban J connectivity index is 1.42. The van der Waals surface area contributed by atoms with Crippen LogP contribution in [0, 0.1) is 13.5 Å². The summed E-state index contributed by atoms with van der Waals surface area (Å²) in [5.41, 5.74) is 2.87. The molecule has 1 heterocycles. The van der Waals surface area contributed by atoms with E-state index < -0.39 is 5.54 Å². The van der Waals surface area contributed by atoms with E-state index in [1.165, 1.54) is 4.90 Å². The Morgan fingerprint density at radius 3 is 2.44 bits per heavy atom. The molecule has 5 nitrogen and oxygen atoms in total. The zero-order valence-electron chi connectivity index (χ0n) is 20.2. The Morgan fingerprint density at radius 1 is 1.06 bits per heavy atom. The summed E-state index contributed by atoms with van der Waals surface area (Å²) < 4.78 is 5.94. The zero-order chi connectivity index (χ0) is 26.0. The van der Waals surface area contributed by atoms with Crippen LogP contribution in [0.25, 0.3) is 16.0 Å². The standard InChI is InChI=1S/C28H25Cl2N3O2S/c1-18-23(13-12-22(31-4)25(18)30)33-26(34)28(2,3)32(27(33)36)15-8-16-35-24-14-11-20(17-21(24)29)19-9-6-5-7-10-19/h5-7,9-14,17H,8,15-16H2,1-3H3. The minimum absolute atomic E-state index is 0.136. The highest BCUT2D eigenvalue weighted by molar-refractivity contribution is 7.80. The number of carbonyl (C=O) groups is 1. The van der Waals surface area contributed by atoms with Gasteiger partial charge in [0, 0.05) is 6.54 Å². The van der Waals surface area contributed by atoms with Crippen LogP contribution in [0.1, 0.15) is 25.8 Å². The summed E-state index contributed by atoms with van der Waals surface area (Å²) in [4.78, 5) is 20.2. The predicted molar refractivity (Wildman–Crippen MR) is 150 cm³/mol. The summed E-state index contributed by atoms with van der Waals surface area (Å²) in [6, 6.07) is 19.1. The second-order valence-electron chi connectivity index (χ2n) is 9.00. The number of hydrogen-bond acceptors (Lipinski definition) is 3. The van der Waals surface area contributed by atoms with E-state index in [-0.39, 0.29) is 5.91 Å². The number of ether oxygens (including phenoxy) is 1. The average molecular weight is 539 g/mol. The maximum atomic E-state index is 13.4. The van der Waals surface area contributed by atoms with Crippen LogP contribution < -0.4 is 9.64 Å². The van der Waals surface area contributed by atoms with E-state index in [0.717, 1.165) is 11.1 Å².